The van der Waals surface area contributed by atoms with Gasteiger partial charge in [-0.25, -0.2) is 17.6 Å². The predicted octanol–water partition coefficient (Wildman–Crippen LogP) is 4.38. The highest BCUT2D eigenvalue weighted by Gasteiger charge is 2.79. The Labute approximate surface area is 129 Å². The highest BCUT2D eigenvalue weighted by molar-refractivity contribution is 5.67. The largest absolute Gasteiger partial charge is 0.361 e. The van der Waals surface area contributed by atoms with E-state index >= 15 is 0 Å². The molecular weight excluding hydrogens is 308 g/mol. The fourth-order valence-corrected chi connectivity index (χ4v) is 4.85. The van der Waals surface area contributed by atoms with E-state index in [2.05, 4.69) is 0 Å². The smallest absolute Gasteiger partial charge is 0.197 e. The molecule has 1 saturated heterocycles. The van der Waals surface area contributed by atoms with E-state index in [1.165, 1.54) is 0 Å². The first-order chi connectivity index (χ1) is 10.8. The molecule has 1 nitrogen and oxygen atoms in total. The third-order valence-electron chi connectivity index (χ3n) is 5.72. The standard InChI is InChI=1S/C18H12F4O/c1-17(2)18(23-17)11-7-5-3-4-6-8(7)12(18)10-9(11)13(19)15(21)16(22)14(10)20/h3-6,11-12H,1-2H3. The molecule has 0 aromatic heterocycles. The van der Waals surface area contributed by atoms with E-state index in [1.54, 1.807) is 12.1 Å². The number of ether oxygens (including phenoxy) is 1. The average molecular weight is 320 g/mol. The van der Waals surface area contributed by atoms with Crippen LogP contribution in [0.4, 0.5) is 17.6 Å². The number of rotatable bonds is 0. The fraction of sp³-hybridized carbons (Fsp3) is 0.333. The van der Waals surface area contributed by atoms with Gasteiger partial charge in [0.05, 0.1) is 5.60 Å². The Balaban J connectivity index is 1.91. The molecule has 5 heteroatoms. The zero-order valence-electron chi connectivity index (χ0n) is 12.4. The predicted molar refractivity (Wildman–Crippen MR) is 74.3 cm³/mol. The monoisotopic (exact) mass is 320 g/mol. The van der Waals surface area contributed by atoms with Crippen molar-refractivity contribution in [1.82, 2.24) is 0 Å². The van der Waals surface area contributed by atoms with Crippen LogP contribution in [0.15, 0.2) is 24.3 Å². The van der Waals surface area contributed by atoms with Crippen LogP contribution in [0.5, 0.6) is 0 Å². The van der Waals surface area contributed by atoms with Crippen molar-refractivity contribution in [2.45, 2.75) is 36.9 Å². The summed E-state index contributed by atoms with van der Waals surface area (Å²) in [6, 6.07) is 7.25. The molecule has 3 aliphatic rings. The van der Waals surface area contributed by atoms with Crippen LogP contribution in [-0.4, -0.2) is 11.2 Å². The number of halogens is 4. The first kappa shape index (κ1) is 13.5. The molecule has 2 aliphatic carbocycles. The number of benzene rings is 2. The van der Waals surface area contributed by atoms with E-state index in [4.69, 9.17) is 4.74 Å². The van der Waals surface area contributed by atoms with Gasteiger partial charge >= 0.3 is 0 Å². The van der Waals surface area contributed by atoms with Crippen molar-refractivity contribution in [2.24, 2.45) is 0 Å². The lowest BCUT2D eigenvalue weighted by Gasteiger charge is -2.19. The molecule has 118 valence electrons. The summed E-state index contributed by atoms with van der Waals surface area (Å²) in [4.78, 5) is 0. The fourth-order valence-electron chi connectivity index (χ4n) is 4.85. The van der Waals surface area contributed by atoms with Crippen LogP contribution in [0, 0.1) is 23.3 Å². The molecule has 5 rings (SSSR count). The summed E-state index contributed by atoms with van der Waals surface area (Å²) in [5.41, 5.74) is -0.0428. The summed E-state index contributed by atoms with van der Waals surface area (Å²) in [6.07, 6.45) is 0. The Morgan fingerprint density at radius 3 is 1.52 bits per heavy atom. The van der Waals surface area contributed by atoms with Crippen LogP contribution in [0.25, 0.3) is 0 Å². The van der Waals surface area contributed by atoms with Crippen LogP contribution in [-0.2, 0) is 4.74 Å². The third-order valence-corrected chi connectivity index (χ3v) is 5.72. The van der Waals surface area contributed by atoms with E-state index in [1.807, 2.05) is 26.0 Å². The Kier molecular flexibility index (Phi) is 2.13. The molecule has 2 aromatic rings. The van der Waals surface area contributed by atoms with Crippen molar-refractivity contribution in [3.63, 3.8) is 0 Å². The maximum absolute atomic E-state index is 14.5. The Morgan fingerprint density at radius 1 is 0.783 bits per heavy atom. The number of fused-ring (bicyclic) bond motifs is 6. The van der Waals surface area contributed by atoms with Gasteiger partial charge < -0.3 is 4.74 Å². The molecule has 1 aliphatic heterocycles. The quantitative estimate of drug-likeness (QED) is 0.304. The molecule has 1 fully saturated rings. The summed E-state index contributed by atoms with van der Waals surface area (Å²) in [5.74, 6) is -7.32. The average Bonchev–Trinajstić information content (AvgIpc) is 2.85. The minimum atomic E-state index is -1.75. The summed E-state index contributed by atoms with van der Waals surface area (Å²) < 4.78 is 62.4. The van der Waals surface area contributed by atoms with Crippen LogP contribution in [0.1, 0.15) is 47.9 Å². The van der Waals surface area contributed by atoms with Crippen molar-refractivity contribution in [3.8, 4) is 0 Å². The van der Waals surface area contributed by atoms with Gasteiger partial charge in [-0.2, -0.15) is 0 Å². The van der Waals surface area contributed by atoms with Gasteiger partial charge in [0.2, 0.25) is 0 Å². The van der Waals surface area contributed by atoms with Crippen molar-refractivity contribution in [3.05, 3.63) is 69.8 Å². The van der Waals surface area contributed by atoms with Gasteiger partial charge in [0.1, 0.15) is 5.60 Å². The van der Waals surface area contributed by atoms with Gasteiger partial charge in [0.15, 0.2) is 23.3 Å². The Morgan fingerprint density at radius 2 is 1.17 bits per heavy atom. The first-order valence-corrected chi connectivity index (χ1v) is 7.47. The number of hydrogen-bond acceptors (Lipinski definition) is 1. The second kappa shape index (κ2) is 3.61. The van der Waals surface area contributed by atoms with Crippen molar-refractivity contribution < 1.29 is 22.3 Å². The highest BCUT2D eigenvalue weighted by atomic mass is 19.2. The number of epoxide rings is 1. The second-order valence-corrected chi connectivity index (χ2v) is 6.98. The van der Waals surface area contributed by atoms with Crippen molar-refractivity contribution in [1.29, 1.82) is 0 Å². The molecule has 0 radical (unpaired) electrons. The van der Waals surface area contributed by atoms with Crippen LogP contribution < -0.4 is 0 Å². The molecular formula is C18H12F4O. The zero-order chi connectivity index (χ0) is 16.3. The van der Waals surface area contributed by atoms with E-state index in [-0.39, 0.29) is 11.1 Å². The normalized spacial score (nSPS) is 31.4. The minimum absolute atomic E-state index is 0.0873. The second-order valence-electron chi connectivity index (χ2n) is 6.98. The zero-order valence-corrected chi connectivity index (χ0v) is 12.4. The van der Waals surface area contributed by atoms with E-state index in [0.29, 0.717) is 0 Å². The van der Waals surface area contributed by atoms with Gasteiger partial charge in [0.25, 0.3) is 0 Å². The van der Waals surface area contributed by atoms with Gasteiger partial charge in [-0.15, -0.1) is 0 Å². The lowest BCUT2D eigenvalue weighted by atomic mass is 9.82. The summed E-state index contributed by atoms with van der Waals surface area (Å²) >= 11 is 0. The Hall–Kier alpha value is -1.88. The summed E-state index contributed by atoms with van der Waals surface area (Å²) in [7, 11) is 0. The van der Waals surface area contributed by atoms with Crippen LogP contribution in [0.3, 0.4) is 0 Å². The maximum Gasteiger partial charge on any atom is 0.197 e. The number of hydrogen-bond donors (Lipinski definition) is 0. The molecule has 1 spiro atoms. The van der Waals surface area contributed by atoms with E-state index < -0.39 is 46.3 Å². The molecule has 23 heavy (non-hydrogen) atoms. The molecule has 2 bridgehead atoms. The van der Waals surface area contributed by atoms with Crippen molar-refractivity contribution in [2.75, 3.05) is 0 Å². The molecule has 0 amide bonds. The van der Waals surface area contributed by atoms with Gasteiger partial charge in [-0.3, -0.25) is 0 Å². The van der Waals surface area contributed by atoms with Gasteiger partial charge in [0, 0.05) is 23.0 Å². The molecule has 2 aromatic carbocycles. The van der Waals surface area contributed by atoms with Crippen molar-refractivity contribution >= 4 is 0 Å². The van der Waals surface area contributed by atoms with Gasteiger partial charge in [-0.05, 0) is 25.0 Å². The van der Waals surface area contributed by atoms with Crippen LogP contribution >= 0.6 is 0 Å². The molecule has 2 atom stereocenters. The minimum Gasteiger partial charge on any atom is -0.361 e. The lowest BCUT2D eigenvalue weighted by Crippen LogP contribution is -2.25. The van der Waals surface area contributed by atoms with E-state index in [9.17, 15) is 17.6 Å². The lowest BCUT2D eigenvalue weighted by molar-refractivity contribution is 0.264. The highest BCUT2D eigenvalue weighted by Crippen LogP contribution is 2.76. The SMILES string of the molecule is CC1(C)OC12C1c3ccccc3C2c2c(F)c(F)c(F)c(F)c21. The molecule has 1 heterocycles. The first-order valence-electron chi connectivity index (χ1n) is 7.47. The van der Waals surface area contributed by atoms with E-state index in [0.717, 1.165) is 11.1 Å². The summed E-state index contributed by atoms with van der Waals surface area (Å²) in [5, 5.41) is 0. The topological polar surface area (TPSA) is 12.5 Å². The van der Waals surface area contributed by atoms with Crippen LogP contribution in [0.2, 0.25) is 0 Å². The maximum atomic E-state index is 14.5. The Bertz CT molecular complexity index is 840. The summed E-state index contributed by atoms with van der Waals surface area (Å²) in [6.45, 7) is 3.68. The molecule has 2 unspecified atom stereocenters. The van der Waals surface area contributed by atoms with Gasteiger partial charge in [-0.1, -0.05) is 24.3 Å². The molecule has 0 saturated carbocycles. The third kappa shape index (κ3) is 1.20. The molecule has 0 N–H and O–H groups in total.